The topological polar surface area (TPSA) is 73.1 Å². The number of hydrogen-bond acceptors (Lipinski definition) is 7. The number of aromatic nitrogens is 4. The molecule has 31 heavy (non-hydrogen) atoms. The Balaban J connectivity index is 1.67. The molecular formula is C21H18ClN5O2S2. The van der Waals surface area contributed by atoms with Crippen LogP contribution in [0.2, 0.25) is 5.02 Å². The summed E-state index contributed by atoms with van der Waals surface area (Å²) in [6.07, 6.45) is 1.67. The van der Waals surface area contributed by atoms with Gasteiger partial charge in [0.15, 0.2) is 16.1 Å². The van der Waals surface area contributed by atoms with Crippen molar-refractivity contribution in [2.45, 2.75) is 5.16 Å². The molecule has 0 saturated carbocycles. The number of rotatable bonds is 7. The molecule has 7 nitrogen and oxygen atoms in total. The number of anilines is 1. The van der Waals surface area contributed by atoms with E-state index in [9.17, 15) is 4.79 Å². The number of carbonyl (C=O) groups excluding carboxylic acids is 1. The summed E-state index contributed by atoms with van der Waals surface area (Å²) in [7, 11) is 3.28. The molecule has 0 fully saturated rings. The maximum Gasteiger partial charge on any atom is 0.238 e. The summed E-state index contributed by atoms with van der Waals surface area (Å²) in [5.74, 6) is 1.34. The third kappa shape index (κ3) is 4.58. The van der Waals surface area contributed by atoms with Crippen molar-refractivity contribution in [3.05, 3.63) is 65.1 Å². The molecule has 0 unspecified atom stereocenters. The van der Waals surface area contributed by atoms with Crippen molar-refractivity contribution < 1.29 is 9.53 Å². The Morgan fingerprint density at radius 3 is 2.71 bits per heavy atom. The lowest BCUT2D eigenvalue weighted by Gasteiger charge is -2.14. The summed E-state index contributed by atoms with van der Waals surface area (Å²) in [4.78, 5) is 18.4. The largest absolute Gasteiger partial charge is 0.495 e. The van der Waals surface area contributed by atoms with Crippen LogP contribution in [0.4, 0.5) is 5.13 Å². The van der Waals surface area contributed by atoms with Crippen molar-refractivity contribution in [2.24, 2.45) is 0 Å². The van der Waals surface area contributed by atoms with Crippen LogP contribution >= 0.6 is 34.7 Å². The first-order valence-corrected chi connectivity index (χ1v) is 11.5. The lowest BCUT2D eigenvalue weighted by atomic mass is 10.2. The number of carbonyl (C=O) groups is 1. The molecule has 0 radical (unpaired) electrons. The highest BCUT2D eigenvalue weighted by Gasteiger charge is 2.20. The second-order valence-electron chi connectivity index (χ2n) is 6.38. The van der Waals surface area contributed by atoms with Crippen LogP contribution in [0.5, 0.6) is 5.75 Å². The number of ether oxygens (including phenoxy) is 1. The number of benzene rings is 2. The maximum atomic E-state index is 12.7. The first-order chi connectivity index (χ1) is 15.1. The molecule has 0 saturated heterocycles. The molecule has 2 aromatic carbocycles. The van der Waals surface area contributed by atoms with Crippen LogP contribution in [-0.2, 0) is 4.79 Å². The Morgan fingerprint density at radius 1 is 1.23 bits per heavy atom. The van der Waals surface area contributed by atoms with E-state index in [4.69, 9.17) is 16.3 Å². The van der Waals surface area contributed by atoms with Gasteiger partial charge < -0.3 is 4.74 Å². The molecule has 0 aliphatic carbocycles. The van der Waals surface area contributed by atoms with E-state index >= 15 is 0 Å². The minimum atomic E-state index is -0.0801. The molecule has 2 aromatic heterocycles. The zero-order valence-electron chi connectivity index (χ0n) is 16.7. The van der Waals surface area contributed by atoms with Crippen molar-refractivity contribution >= 4 is 45.7 Å². The molecule has 0 spiro atoms. The second-order valence-corrected chi connectivity index (χ2v) is 8.61. The molecule has 10 heteroatoms. The Kier molecular flexibility index (Phi) is 6.55. The predicted molar refractivity (Wildman–Crippen MR) is 125 cm³/mol. The van der Waals surface area contributed by atoms with Gasteiger partial charge in [-0.15, -0.1) is 21.5 Å². The summed E-state index contributed by atoms with van der Waals surface area (Å²) < 4.78 is 7.16. The van der Waals surface area contributed by atoms with Gasteiger partial charge in [-0.05, 0) is 18.2 Å². The summed E-state index contributed by atoms with van der Waals surface area (Å²) >= 11 is 9.09. The third-order valence-electron chi connectivity index (χ3n) is 4.46. The van der Waals surface area contributed by atoms with Crippen molar-refractivity contribution in [3.63, 3.8) is 0 Å². The zero-order valence-corrected chi connectivity index (χ0v) is 19.1. The van der Waals surface area contributed by atoms with Crippen molar-refractivity contribution in [2.75, 3.05) is 24.8 Å². The Bertz CT molecular complexity index is 1180. The Hall–Kier alpha value is -2.88. The minimum absolute atomic E-state index is 0.0801. The molecule has 0 atom stereocenters. The number of thiazole rings is 1. The van der Waals surface area contributed by atoms with E-state index in [-0.39, 0.29) is 11.7 Å². The lowest BCUT2D eigenvalue weighted by Crippen LogP contribution is -2.27. The van der Waals surface area contributed by atoms with Gasteiger partial charge in [0.25, 0.3) is 0 Å². The van der Waals surface area contributed by atoms with E-state index in [1.54, 1.807) is 37.4 Å². The SMILES string of the molecule is COc1ccc(-n2c(SCC(=O)N(C)c3nccs3)nnc2-c2ccccc2)cc1Cl. The first-order valence-electron chi connectivity index (χ1n) is 9.22. The van der Waals surface area contributed by atoms with Crippen LogP contribution in [0, 0.1) is 0 Å². The summed E-state index contributed by atoms with van der Waals surface area (Å²) in [5, 5.41) is 12.3. The van der Waals surface area contributed by atoms with Gasteiger partial charge in [0.2, 0.25) is 5.91 Å². The number of methoxy groups -OCH3 is 1. The predicted octanol–water partition coefficient (Wildman–Crippen LogP) is 4.81. The maximum absolute atomic E-state index is 12.7. The molecule has 0 bridgehead atoms. The molecule has 0 aliphatic heterocycles. The fraction of sp³-hybridized carbons (Fsp3) is 0.143. The highest BCUT2D eigenvalue weighted by molar-refractivity contribution is 7.99. The molecule has 4 rings (SSSR count). The highest BCUT2D eigenvalue weighted by Crippen LogP contribution is 2.32. The smallest absolute Gasteiger partial charge is 0.238 e. The van der Waals surface area contributed by atoms with Gasteiger partial charge in [0, 0.05) is 24.2 Å². The molecule has 0 aliphatic rings. The molecule has 0 N–H and O–H groups in total. The quantitative estimate of drug-likeness (QED) is 0.360. The normalized spacial score (nSPS) is 10.8. The van der Waals surface area contributed by atoms with Crippen LogP contribution < -0.4 is 9.64 Å². The van der Waals surface area contributed by atoms with Gasteiger partial charge >= 0.3 is 0 Å². The van der Waals surface area contributed by atoms with Crippen LogP contribution in [0.1, 0.15) is 0 Å². The minimum Gasteiger partial charge on any atom is -0.495 e. The zero-order chi connectivity index (χ0) is 21.8. The Morgan fingerprint density at radius 2 is 2.03 bits per heavy atom. The van der Waals surface area contributed by atoms with Gasteiger partial charge in [-0.25, -0.2) is 4.98 Å². The van der Waals surface area contributed by atoms with Crippen LogP contribution in [0.3, 0.4) is 0 Å². The van der Waals surface area contributed by atoms with Gasteiger partial charge in [0.1, 0.15) is 5.75 Å². The van der Waals surface area contributed by atoms with E-state index in [1.165, 1.54) is 23.1 Å². The van der Waals surface area contributed by atoms with Gasteiger partial charge in [-0.2, -0.15) is 0 Å². The Labute approximate surface area is 192 Å². The summed E-state index contributed by atoms with van der Waals surface area (Å²) in [5.41, 5.74) is 1.68. The lowest BCUT2D eigenvalue weighted by molar-refractivity contribution is -0.115. The summed E-state index contributed by atoms with van der Waals surface area (Å²) in [6, 6.07) is 15.2. The first kappa shape index (κ1) is 21.4. The fourth-order valence-corrected chi connectivity index (χ4v) is 4.62. The van der Waals surface area contributed by atoms with Crippen molar-refractivity contribution in [1.82, 2.24) is 19.7 Å². The van der Waals surface area contributed by atoms with Gasteiger partial charge in [-0.1, -0.05) is 53.7 Å². The second kappa shape index (κ2) is 9.51. The number of amides is 1. The number of hydrogen-bond donors (Lipinski definition) is 0. The van der Waals surface area contributed by atoms with Crippen molar-refractivity contribution in [1.29, 1.82) is 0 Å². The molecule has 1 amide bonds. The van der Waals surface area contributed by atoms with Gasteiger partial charge in [0.05, 0.1) is 23.6 Å². The van der Waals surface area contributed by atoms with E-state index in [2.05, 4.69) is 15.2 Å². The molecule has 2 heterocycles. The van der Waals surface area contributed by atoms with Crippen LogP contribution in [-0.4, -0.2) is 45.6 Å². The van der Waals surface area contributed by atoms with Crippen LogP contribution in [0.25, 0.3) is 17.1 Å². The summed E-state index contributed by atoms with van der Waals surface area (Å²) in [6.45, 7) is 0. The van der Waals surface area contributed by atoms with E-state index in [1.807, 2.05) is 46.3 Å². The monoisotopic (exact) mass is 471 g/mol. The van der Waals surface area contributed by atoms with Crippen LogP contribution in [0.15, 0.2) is 65.3 Å². The molecular weight excluding hydrogens is 454 g/mol. The molecule has 158 valence electrons. The fourth-order valence-electron chi connectivity index (χ4n) is 2.88. The highest BCUT2D eigenvalue weighted by atomic mass is 35.5. The van der Waals surface area contributed by atoms with E-state index in [0.717, 1.165) is 11.3 Å². The average molecular weight is 472 g/mol. The van der Waals surface area contributed by atoms with Crippen molar-refractivity contribution in [3.8, 4) is 22.8 Å². The number of halogens is 1. The number of thioether (sulfide) groups is 1. The van der Waals surface area contributed by atoms with E-state index < -0.39 is 0 Å². The average Bonchev–Trinajstić information content (AvgIpc) is 3.47. The molecule has 4 aromatic rings. The number of nitrogens with zero attached hydrogens (tertiary/aromatic N) is 5. The van der Waals surface area contributed by atoms with Gasteiger partial charge in [-0.3, -0.25) is 14.3 Å². The standard InChI is InChI=1S/C21H18ClN5O2S2/c1-26(20-23-10-11-30-20)18(28)13-31-21-25-24-19(14-6-4-3-5-7-14)27(21)15-8-9-17(29-2)16(22)12-15/h3-12H,13H2,1-2H3. The third-order valence-corrected chi connectivity index (χ3v) is 6.52. The van der Waals surface area contributed by atoms with E-state index in [0.29, 0.717) is 26.9 Å².